The van der Waals surface area contributed by atoms with Crippen LogP contribution in [-0.4, -0.2) is 62.6 Å². The van der Waals surface area contributed by atoms with Crippen molar-refractivity contribution >= 4 is 17.5 Å². The molecule has 0 unspecified atom stereocenters. The summed E-state index contributed by atoms with van der Waals surface area (Å²) in [5, 5.41) is 10.4. The minimum Gasteiger partial charge on any atom is -0.378 e. The Labute approximate surface area is 176 Å². The number of hydrogen-bond donors (Lipinski definition) is 1. The summed E-state index contributed by atoms with van der Waals surface area (Å²) in [5.74, 6) is -0.877. The molecule has 1 saturated heterocycles. The Bertz CT molecular complexity index is 973. The molecule has 4 rings (SSSR count). The molecule has 31 heavy (non-hydrogen) atoms. The summed E-state index contributed by atoms with van der Waals surface area (Å²) in [7, 11) is 0. The second-order valence-electron chi connectivity index (χ2n) is 7.56. The fraction of sp³-hybridized carbons (Fsp3) is 0.579. The minimum atomic E-state index is -4.58. The largest absolute Gasteiger partial charge is 0.435 e. The van der Waals surface area contributed by atoms with Gasteiger partial charge in [0.2, 0.25) is 5.91 Å². The van der Waals surface area contributed by atoms with E-state index < -0.39 is 17.8 Å². The van der Waals surface area contributed by atoms with Gasteiger partial charge in [0, 0.05) is 31.2 Å². The molecular weight excluding hydrogens is 417 g/mol. The monoisotopic (exact) mass is 440 g/mol. The number of alkyl halides is 3. The average Bonchev–Trinajstić information content (AvgIpc) is 3.36. The molecule has 1 aliphatic carbocycles. The zero-order valence-corrected chi connectivity index (χ0v) is 17.0. The molecule has 0 atom stereocenters. The number of carbonyl (C=O) groups is 2. The second kappa shape index (κ2) is 8.33. The van der Waals surface area contributed by atoms with Crippen LogP contribution in [0, 0.1) is 0 Å². The number of hydrogen-bond acceptors (Lipinski definition) is 5. The highest BCUT2D eigenvalue weighted by atomic mass is 19.4. The lowest BCUT2D eigenvalue weighted by Gasteiger charge is -2.27. The molecule has 0 radical (unpaired) electrons. The van der Waals surface area contributed by atoms with E-state index in [1.807, 2.05) is 6.92 Å². The third-order valence-corrected chi connectivity index (χ3v) is 5.30. The molecule has 168 valence electrons. The summed E-state index contributed by atoms with van der Waals surface area (Å²) in [6, 6.07) is 1.01. The Balaban J connectivity index is 1.52. The van der Waals surface area contributed by atoms with Gasteiger partial charge in [0.25, 0.3) is 5.91 Å². The smallest absolute Gasteiger partial charge is 0.378 e. The maximum atomic E-state index is 13.1. The molecule has 2 aromatic heterocycles. The number of ether oxygens (including phenoxy) is 1. The number of nitrogens with one attached hydrogen (secondary N) is 1. The predicted molar refractivity (Wildman–Crippen MR) is 102 cm³/mol. The van der Waals surface area contributed by atoms with Crippen LogP contribution in [0.25, 0.3) is 0 Å². The standard InChI is InChI=1S/C19H23F3N6O3/c1-2-27-17(18(30)26-5-7-31-8-6-26)13(10-23-27)24-16(29)11-28-14(12-3-4-12)9-15(25-28)19(20,21)22/h9-10,12H,2-8,11H2,1H3,(H,24,29). The van der Waals surface area contributed by atoms with Crippen molar-refractivity contribution in [2.24, 2.45) is 0 Å². The van der Waals surface area contributed by atoms with Crippen LogP contribution in [-0.2, 0) is 28.8 Å². The first-order valence-electron chi connectivity index (χ1n) is 10.2. The van der Waals surface area contributed by atoms with Crippen molar-refractivity contribution in [3.63, 3.8) is 0 Å². The van der Waals surface area contributed by atoms with Crippen molar-refractivity contribution in [2.75, 3.05) is 31.6 Å². The van der Waals surface area contributed by atoms with E-state index in [9.17, 15) is 22.8 Å². The van der Waals surface area contributed by atoms with Crippen molar-refractivity contribution in [2.45, 2.75) is 44.9 Å². The second-order valence-corrected chi connectivity index (χ2v) is 7.56. The maximum Gasteiger partial charge on any atom is 0.435 e. The molecule has 0 aromatic carbocycles. The van der Waals surface area contributed by atoms with E-state index in [4.69, 9.17) is 4.74 Å². The molecule has 2 fully saturated rings. The lowest BCUT2D eigenvalue weighted by molar-refractivity contribution is -0.141. The van der Waals surface area contributed by atoms with E-state index in [1.54, 1.807) is 4.90 Å². The highest BCUT2D eigenvalue weighted by molar-refractivity contribution is 6.02. The van der Waals surface area contributed by atoms with Gasteiger partial charge in [-0.1, -0.05) is 0 Å². The predicted octanol–water partition coefficient (Wildman–Crippen LogP) is 2.11. The van der Waals surface area contributed by atoms with Gasteiger partial charge < -0.3 is 15.0 Å². The van der Waals surface area contributed by atoms with Crippen LogP contribution in [0.2, 0.25) is 0 Å². The molecule has 2 aliphatic rings. The fourth-order valence-corrected chi connectivity index (χ4v) is 3.59. The molecule has 0 spiro atoms. The summed E-state index contributed by atoms with van der Waals surface area (Å²) in [6.45, 7) is 3.57. The van der Waals surface area contributed by atoms with E-state index in [1.165, 1.54) is 10.9 Å². The third kappa shape index (κ3) is 4.58. The van der Waals surface area contributed by atoms with E-state index in [0.29, 0.717) is 38.5 Å². The first-order chi connectivity index (χ1) is 14.8. The molecule has 1 aliphatic heterocycles. The zero-order valence-electron chi connectivity index (χ0n) is 17.0. The van der Waals surface area contributed by atoms with Gasteiger partial charge in [-0.25, -0.2) is 0 Å². The number of aromatic nitrogens is 4. The number of carbonyl (C=O) groups excluding carboxylic acids is 2. The van der Waals surface area contributed by atoms with Gasteiger partial charge in [0.15, 0.2) is 5.69 Å². The minimum absolute atomic E-state index is 0.0160. The number of nitrogens with zero attached hydrogens (tertiary/aromatic N) is 5. The highest BCUT2D eigenvalue weighted by Gasteiger charge is 2.38. The van der Waals surface area contributed by atoms with Crippen molar-refractivity contribution < 1.29 is 27.5 Å². The van der Waals surface area contributed by atoms with Crippen LogP contribution in [0.5, 0.6) is 0 Å². The van der Waals surface area contributed by atoms with Crippen LogP contribution in [0.3, 0.4) is 0 Å². The van der Waals surface area contributed by atoms with E-state index in [0.717, 1.165) is 23.6 Å². The summed E-state index contributed by atoms with van der Waals surface area (Å²) >= 11 is 0. The van der Waals surface area contributed by atoms with E-state index in [-0.39, 0.29) is 29.8 Å². The molecule has 0 bridgehead atoms. The number of rotatable bonds is 6. The SMILES string of the molecule is CCn1ncc(NC(=O)Cn2nc(C(F)(F)F)cc2C2CC2)c1C(=O)N1CCOCC1. The van der Waals surface area contributed by atoms with Gasteiger partial charge in [-0.15, -0.1) is 0 Å². The summed E-state index contributed by atoms with van der Waals surface area (Å²) in [6.07, 6.45) is -1.66. The number of amides is 2. The van der Waals surface area contributed by atoms with Gasteiger partial charge >= 0.3 is 6.18 Å². The Hall–Kier alpha value is -2.89. The molecule has 2 amide bonds. The molecular formula is C19H23F3N6O3. The van der Waals surface area contributed by atoms with Gasteiger partial charge in [-0.3, -0.25) is 19.0 Å². The molecule has 1 saturated carbocycles. The number of halogens is 3. The van der Waals surface area contributed by atoms with Gasteiger partial charge in [-0.2, -0.15) is 23.4 Å². The van der Waals surface area contributed by atoms with Gasteiger partial charge in [0.1, 0.15) is 12.2 Å². The quantitative estimate of drug-likeness (QED) is 0.743. The van der Waals surface area contributed by atoms with Crippen LogP contribution in [0.15, 0.2) is 12.3 Å². The molecule has 2 aromatic rings. The topological polar surface area (TPSA) is 94.3 Å². The van der Waals surface area contributed by atoms with Crippen LogP contribution >= 0.6 is 0 Å². The summed E-state index contributed by atoms with van der Waals surface area (Å²) in [4.78, 5) is 27.3. The first kappa shape index (κ1) is 21.3. The van der Waals surface area contributed by atoms with Crippen LogP contribution in [0.1, 0.15) is 47.6 Å². The van der Waals surface area contributed by atoms with E-state index >= 15 is 0 Å². The van der Waals surface area contributed by atoms with Crippen molar-refractivity contribution in [3.8, 4) is 0 Å². The average molecular weight is 440 g/mol. The Morgan fingerprint density at radius 2 is 1.94 bits per heavy atom. The molecule has 12 heteroatoms. The third-order valence-electron chi connectivity index (χ3n) is 5.30. The Kier molecular flexibility index (Phi) is 5.73. The van der Waals surface area contributed by atoms with Gasteiger partial charge in [0.05, 0.1) is 25.1 Å². The van der Waals surface area contributed by atoms with Crippen LogP contribution < -0.4 is 5.32 Å². The lowest BCUT2D eigenvalue weighted by atomic mass is 10.2. The van der Waals surface area contributed by atoms with Crippen molar-refractivity contribution in [3.05, 3.63) is 29.3 Å². The molecule has 1 N–H and O–H groups in total. The normalized spacial score (nSPS) is 17.1. The fourth-order valence-electron chi connectivity index (χ4n) is 3.59. The molecule has 9 nitrogen and oxygen atoms in total. The zero-order chi connectivity index (χ0) is 22.2. The van der Waals surface area contributed by atoms with Crippen molar-refractivity contribution in [1.82, 2.24) is 24.5 Å². The van der Waals surface area contributed by atoms with Crippen LogP contribution in [0.4, 0.5) is 18.9 Å². The maximum absolute atomic E-state index is 13.1. The first-order valence-corrected chi connectivity index (χ1v) is 10.2. The van der Waals surface area contributed by atoms with E-state index in [2.05, 4.69) is 15.5 Å². The Morgan fingerprint density at radius 1 is 1.23 bits per heavy atom. The summed E-state index contributed by atoms with van der Waals surface area (Å²) < 4.78 is 47.1. The Morgan fingerprint density at radius 3 is 2.55 bits per heavy atom. The number of morpholine rings is 1. The lowest BCUT2D eigenvalue weighted by Crippen LogP contribution is -2.41. The number of anilines is 1. The number of aryl methyl sites for hydroxylation is 1. The van der Waals surface area contributed by atoms with Crippen molar-refractivity contribution in [1.29, 1.82) is 0 Å². The highest BCUT2D eigenvalue weighted by Crippen LogP contribution is 2.42. The summed E-state index contributed by atoms with van der Waals surface area (Å²) in [5.41, 5.74) is -0.156. The molecule has 3 heterocycles. The van der Waals surface area contributed by atoms with Gasteiger partial charge in [-0.05, 0) is 25.8 Å².